The largest absolute Gasteiger partial charge is 0.494 e. The minimum absolute atomic E-state index is 0.198. The van der Waals surface area contributed by atoms with Crippen LogP contribution in [0.4, 0.5) is 4.39 Å². The van der Waals surface area contributed by atoms with Gasteiger partial charge in [-0.05, 0) is 30.5 Å². The standard InChI is InChI=1S/C16H24FNO2/c1-20-14-7-6-12(10-13(14)17)15(19)16(11-18)8-4-2-3-5-9-16/h6-7,10,15,19H,2-5,8-9,11,18H2,1H3. The Bertz CT molecular complexity index is 442. The van der Waals surface area contributed by atoms with Crippen LogP contribution in [0.15, 0.2) is 18.2 Å². The van der Waals surface area contributed by atoms with Gasteiger partial charge >= 0.3 is 0 Å². The Morgan fingerprint density at radius 1 is 1.30 bits per heavy atom. The van der Waals surface area contributed by atoms with E-state index in [9.17, 15) is 9.50 Å². The molecule has 1 fully saturated rings. The second-order valence-electron chi connectivity index (χ2n) is 5.78. The van der Waals surface area contributed by atoms with Gasteiger partial charge in [0.15, 0.2) is 11.6 Å². The van der Waals surface area contributed by atoms with Crippen molar-refractivity contribution in [3.8, 4) is 5.75 Å². The molecular formula is C16H24FNO2. The second kappa shape index (κ2) is 6.55. The van der Waals surface area contributed by atoms with Crippen LogP contribution in [0.3, 0.4) is 0 Å². The van der Waals surface area contributed by atoms with E-state index in [1.165, 1.54) is 26.0 Å². The second-order valence-corrected chi connectivity index (χ2v) is 5.78. The van der Waals surface area contributed by atoms with Crippen LogP contribution in [0.5, 0.6) is 5.75 Å². The average Bonchev–Trinajstić information content (AvgIpc) is 2.72. The van der Waals surface area contributed by atoms with Crippen molar-refractivity contribution >= 4 is 0 Å². The van der Waals surface area contributed by atoms with Crippen LogP contribution in [0.1, 0.15) is 50.2 Å². The lowest BCUT2D eigenvalue weighted by Gasteiger charge is -2.36. The summed E-state index contributed by atoms with van der Waals surface area (Å²) in [5.74, 6) is -0.242. The minimum atomic E-state index is -0.717. The average molecular weight is 281 g/mol. The van der Waals surface area contributed by atoms with Gasteiger partial charge in [0.05, 0.1) is 13.2 Å². The predicted octanol–water partition coefficient (Wildman–Crippen LogP) is 3.17. The molecule has 1 aliphatic rings. The van der Waals surface area contributed by atoms with Crippen molar-refractivity contribution in [1.82, 2.24) is 0 Å². The first kappa shape index (κ1) is 15.3. The number of halogens is 1. The zero-order chi connectivity index (χ0) is 14.6. The molecule has 0 bridgehead atoms. The van der Waals surface area contributed by atoms with Crippen molar-refractivity contribution in [2.75, 3.05) is 13.7 Å². The number of rotatable bonds is 4. The van der Waals surface area contributed by atoms with E-state index in [1.807, 2.05) is 0 Å². The van der Waals surface area contributed by atoms with Gasteiger partial charge in [0.2, 0.25) is 0 Å². The Kier molecular flexibility index (Phi) is 5.00. The minimum Gasteiger partial charge on any atom is -0.494 e. The fourth-order valence-corrected chi connectivity index (χ4v) is 3.23. The third-order valence-electron chi connectivity index (χ3n) is 4.58. The number of aliphatic hydroxyl groups excluding tert-OH is 1. The molecule has 4 heteroatoms. The zero-order valence-electron chi connectivity index (χ0n) is 12.1. The molecular weight excluding hydrogens is 257 g/mol. The Morgan fingerprint density at radius 3 is 2.45 bits per heavy atom. The Balaban J connectivity index is 2.27. The predicted molar refractivity (Wildman–Crippen MR) is 77.1 cm³/mol. The molecule has 0 heterocycles. The van der Waals surface area contributed by atoms with E-state index in [1.54, 1.807) is 12.1 Å². The molecule has 0 radical (unpaired) electrons. The van der Waals surface area contributed by atoms with Crippen LogP contribution < -0.4 is 10.5 Å². The molecule has 2 rings (SSSR count). The van der Waals surface area contributed by atoms with Crippen molar-refractivity contribution in [2.24, 2.45) is 11.1 Å². The van der Waals surface area contributed by atoms with Crippen LogP contribution in [0, 0.1) is 11.2 Å². The maximum atomic E-state index is 13.8. The summed E-state index contributed by atoms with van der Waals surface area (Å²) in [6, 6.07) is 4.66. The number of hydrogen-bond donors (Lipinski definition) is 2. The molecule has 20 heavy (non-hydrogen) atoms. The first-order valence-corrected chi connectivity index (χ1v) is 7.34. The van der Waals surface area contributed by atoms with Crippen LogP contribution in [-0.2, 0) is 0 Å². The highest BCUT2D eigenvalue weighted by molar-refractivity contribution is 5.31. The van der Waals surface area contributed by atoms with Gasteiger partial charge in [0.25, 0.3) is 0 Å². The van der Waals surface area contributed by atoms with Crippen molar-refractivity contribution in [1.29, 1.82) is 0 Å². The molecule has 1 atom stereocenters. The molecule has 3 N–H and O–H groups in total. The van der Waals surface area contributed by atoms with Crippen LogP contribution in [-0.4, -0.2) is 18.8 Å². The van der Waals surface area contributed by atoms with Crippen molar-refractivity contribution in [2.45, 2.75) is 44.6 Å². The van der Waals surface area contributed by atoms with E-state index in [-0.39, 0.29) is 11.2 Å². The SMILES string of the molecule is COc1ccc(C(O)C2(CN)CCCCCC2)cc1F. The first-order valence-electron chi connectivity index (χ1n) is 7.34. The number of benzene rings is 1. The molecule has 112 valence electrons. The normalized spacial score (nSPS) is 20.2. The third kappa shape index (κ3) is 2.96. The van der Waals surface area contributed by atoms with E-state index < -0.39 is 11.9 Å². The van der Waals surface area contributed by atoms with Gasteiger partial charge in [0.1, 0.15) is 0 Å². The molecule has 0 amide bonds. The van der Waals surface area contributed by atoms with E-state index >= 15 is 0 Å². The summed E-state index contributed by atoms with van der Waals surface area (Å²) in [5, 5.41) is 10.7. The maximum absolute atomic E-state index is 13.8. The van der Waals surface area contributed by atoms with Gasteiger partial charge in [-0.1, -0.05) is 31.7 Å². The topological polar surface area (TPSA) is 55.5 Å². The highest BCUT2D eigenvalue weighted by Crippen LogP contribution is 2.44. The summed E-state index contributed by atoms with van der Waals surface area (Å²) >= 11 is 0. The van der Waals surface area contributed by atoms with Crippen molar-refractivity contribution < 1.29 is 14.2 Å². The van der Waals surface area contributed by atoms with Crippen molar-refractivity contribution in [3.63, 3.8) is 0 Å². The molecule has 0 saturated heterocycles. The molecule has 0 aromatic heterocycles. The molecule has 1 unspecified atom stereocenters. The van der Waals surface area contributed by atoms with Gasteiger partial charge in [-0.2, -0.15) is 0 Å². The molecule has 0 spiro atoms. The molecule has 1 aromatic rings. The summed E-state index contributed by atoms with van der Waals surface area (Å²) in [6.07, 6.45) is 5.61. The van der Waals surface area contributed by atoms with E-state index in [0.29, 0.717) is 12.1 Å². The van der Waals surface area contributed by atoms with Gasteiger partial charge in [-0.25, -0.2) is 4.39 Å². The highest BCUT2D eigenvalue weighted by atomic mass is 19.1. The van der Waals surface area contributed by atoms with Gasteiger partial charge < -0.3 is 15.6 Å². The van der Waals surface area contributed by atoms with E-state index in [0.717, 1.165) is 25.7 Å². The smallest absolute Gasteiger partial charge is 0.165 e. The zero-order valence-corrected chi connectivity index (χ0v) is 12.1. The third-order valence-corrected chi connectivity index (χ3v) is 4.58. The lowest BCUT2D eigenvalue weighted by atomic mass is 9.73. The number of ether oxygens (including phenoxy) is 1. The summed E-state index contributed by atoms with van der Waals surface area (Å²) in [5.41, 5.74) is 6.23. The highest BCUT2D eigenvalue weighted by Gasteiger charge is 2.38. The van der Waals surface area contributed by atoms with Crippen LogP contribution >= 0.6 is 0 Å². The molecule has 0 aliphatic heterocycles. The van der Waals surface area contributed by atoms with Gasteiger partial charge in [0, 0.05) is 12.0 Å². The molecule has 1 aliphatic carbocycles. The number of nitrogens with two attached hydrogens (primary N) is 1. The summed E-state index contributed by atoms with van der Waals surface area (Å²) < 4.78 is 18.7. The monoisotopic (exact) mass is 281 g/mol. The Hall–Kier alpha value is -1.13. The van der Waals surface area contributed by atoms with Crippen molar-refractivity contribution in [3.05, 3.63) is 29.6 Å². The molecule has 1 aromatic carbocycles. The number of methoxy groups -OCH3 is 1. The van der Waals surface area contributed by atoms with Gasteiger partial charge in [-0.15, -0.1) is 0 Å². The fourth-order valence-electron chi connectivity index (χ4n) is 3.23. The fraction of sp³-hybridized carbons (Fsp3) is 0.625. The summed E-state index contributed by atoms with van der Waals surface area (Å²) in [6.45, 7) is 0.432. The van der Waals surface area contributed by atoms with E-state index in [2.05, 4.69) is 0 Å². The van der Waals surface area contributed by atoms with E-state index in [4.69, 9.17) is 10.5 Å². The lowest BCUT2D eigenvalue weighted by Crippen LogP contribution is -2.36. The Morgan fingerprint density at radius 2 is 1.95 bits per heavy atom. The van der Waals surface area contributed by atoms with Crippen LogP contribution in [0.2, 0.25) is 0 Å². The van der Waals surface area contributed by atoms with Crippen LogP contribution in [0.25, 0.3) is 0 Å². The summed E-state index contributed by atoms with van der Waals surface area (Å²) in [7, 11) is 1.43. The maximum Gasteiger partial charge on any atom is 0.165 e. The first-order chi connectivity index (χ1) is 9.63. The molecule has 3 nitrogen and oxygen atoms in total. The molecule has 1 saturated carbocycles. The lowest BCUT2D eigenvalue weighted by molar-refractivity contribution is 0.0164. The van der Waals surface area contributed by atoms with Gasteiger partial charge in [-0.3, -0.25) is 0 Å². The quantitative estimate of drug-likeness (QED) is 0.833. The Labute approximate surface area is 119 Å². The summed E-state index contributed by atoms with van der Waals surface area (Å²) in [4.78, 5) is 0. The number of hydrogen-bond acceptors (Lipinski definition) is 3. The number of aliphatic hydroxyl groups is 1.